The van der Waals surface area contributed by atoms with Crippen LogP contribution in [-0.2, 0) is 22.8 Å². The minimum Gasteiger partial charge on any atom is -0.392 e. The van der Waals surface area contributed by atoms with Crippen molar-refractivity contribution in [3.63, 3.8) is 0 Å². The second kappa shape index (κ2) is 5.40. The first-order valence-electron chi connectivity index (χ1n) is 6.40. The summed E-state index contributed by atoms with van der Waals surface area (Å²) in [6, 6.07) is 0. The van der Waals surface area contributed by atoms with Crippen LogP contribution in [0.2, 0.25) is 0 Å². The lowest BCUT2D eigenvalue weighted by molar-refractivity contribution is 0.117. The van der Waals surface area contributed by atoms with Crippen LogP contribution in [0.5, 0.6) is 0 Å². The van der Waals surface area contributed by atoms with Gasteiger partial charge >= 0.3 is 0 Å². The molecule has 1 N–H and O–H groups in total. The van der Waals surface area contributed by atoms with Crippen molar-refractivity contribution >= 4 is 9.84 Å². The lowest BCUT2D eigenvalue weighted by Crippen LogP contribution is -2.25. The minimum atomic E-state index is -2.93. The number of hydrogen-bond donors (Lipinski definition) is 1. The van der Waals surface area contributed by atoms with Crippen molar-refractivity contribution in [2.24, 2.45) is 5.92 Å². The Labute approximate surface area is 108 Å². The van der Waals surface area contributed by atoms with Crippen LogP contribution in [-0.4, -0.2) is 40.7 Å². The first-order chi connectivity index (χ1) is 8.52. The Morgan fingerprint density at radius 1 is 1.61 bits per heavy atom. The number of aryl methyl sites for hydroxylation is 1. The lowest BCUT2D eigenvalue weighted by Gasteiger charge is -2.16. The Balaban J connectivity index is 1.99. The molecule has 2 atom stereocenters. The van der Waals surface area contributed by atoms with E-state index in [4.69, 9.17) is 0 Å². The van der Waals surface area contributed by atoms with E-state index in [0.717, 1.165) is 18.8 Å². The zero-order chi connectivity index (χ0) is 13.2. The van der Waals surface area contributed by atoms with Crippen molar-refractivity contribution in [2.45, 2.75) is 38.8 Å². The van der Waals surface area contributed by atoms with E-state index < -0.39 is 15.9 Å². The van der Waals surface area contributed by atoms with Crippen LogP contribution in [0, 0.1) is 5.92 Å². The molecule has 1 aliphatic rings. The first-order valence-corrected chi connectivity index (χ1v) is 8.22. The largest absolute Gasteiger partial charge is 0.392 e. The third-order valence-electron chi connectivity index (χ3n) is 3.47. The van der Waals surface area contributed by atoms with E-state index >= 15 is 0 Å². The third kappa shape index (κ3) is 3.11. The summed E-state index contributed by atoms with van der Waals surface area (Å²) in [7, 11) is -2.93. The molecule has 2 heterocycles. The summed E-state index contributed by atoms with van der Waals surface area (Å²) in [6.45, 7) is 2.97. The van der Waals surface area contributed by atoms with Gasteiger partial charge in [-0.3, -0.25) is 0 Å². The van der Waals surface area contributed by atoms with Crippen LogP contribution in [0.1, 0.15) is 25.6 Å². The molecule has 18 heavy (non-hydrogen) atoms. The van der Waals surface area contributed by atoms with Gasteiger partial charge in [0, 0.05) is 31.3 Å². The lowest BCUT2D eigenvalue weighted by atomic mass is 9.99. The molecule has 102 valence electrons. The summed E-state index contributed by atoms with van der Waals surface area (Å²) in [5.74, 6) is 1.02. The van der Waals surface area contributed by atoms with E-state index in [1.165, 1.54) is 0 Å². The van der Waals surface area contributed by atoms with E-state index in [1.54, 1.807) is 6.20 Å². The van der Waals surface area contributed by atoms with Gasteiger partial charge in [0.1, 0.15) is 5.82 Å². The van der Waals surface area contributed by atoms with Gasteiger partial charge in [-0.2, -0.15) is 0 Å². The Bertz CT molecular complexity index is 495. The predicted molar refractivity (Wildman–Crippen MR) is 69.0 cm³/mol. The molecule has 0 aromatic carbocycles. The van der Waals surface area contributed by atoms with Crippen molar-refractivity contribution in [3.8, 4) is 0 Å². The smallest absolute Gasteiger partial charge is 0.150 e. The number of rotatable bonds is 5. The molecular weight excluding hydrogens is 252 g/mol. The van der Waals surface area contributed by atoms with E-state index in [1.807, 2.05) is 10.8 Å². The number of sulfone groups is 1. The van der Waals surface area contributed by atoms with Crippen LogP contribution >= 0.6 is 0 Å². The number of aliphatic hydroxyl groups is 1. The molecule has 0 bridgehead atoms. The normalized spacial score (nSPS) is 24.2. The molecule has 1 saturated heterocycles. The fourth-order valence-electron chi connectivity index (χ4n) is 2.46. The summed E-state index contributed by atoms with van der Waals surface area (Å²) >= 11 is 0. The summed E-state index contributed by atoms with van der Waals surface area (Å²) < 4.78 is 24.8. The van der Waals surface area contributed by atoms with E-state index in [9.17, 15) is 13.5 Å². The molecule has 2 rings (SSSR count). The maximum absolute atomic E-state index is 11.4. The third-order valence-corrected chi connectivity index (χ3v) is 5.26. The second-order valence-corrected chi connectivity index (χ2v) is 7.20. The predicted octanol–water partition coefficient (Wildman–Crippen LogP) is 0.631. The van der Waals surface area contributed by atoms with Crippen LogP contribution in [0.15, 0.2) is 12.4 Å². The van der Waals surface area contributed by atoms with E-state index in [0.29, 0.717) is 12.8 Å². The van der Waals surface area contributed by atoms with Crippen molar-refractivity contribution in [1.82, 2.24) is 9.55 Å². The fourth-order valence-corrected chi connectivity index (χ4v) is 4.33. The van der Waals surface area contributed by atoms with Crippen molar-refractivity contribution in [2.75, 3.05) is 11.5 Å². The van der Waals surface area contributed by atoms with Gasteiger partial charge in [-0.15, -0.1) is 0 Å². The Morgan fingerprint density at radius 2 is 2.39 bits per heavy atom. The molecule has 2 unspecified atom stereocenters. The highest BCUT2D eigenvalue weighted by atomic mass is 32.2. The summed E-state index contributed by atoms with van der Waals surface area (Å²) in [5.41, 5.74) is 0. The highest BCUT2D eigenvalue weighted by molar-refractivity contribution is 7.91. The second-order valence-electron chi connectivity index (χ2n) is 4.97. The summed E-state index contributed by atoms with van der Waals surface area (Å²) in [5, 5.41) is 10.1. The van der Waals surface area contributed by atoms with E-state index in [-0.39, 0.29) is 17.4 Å². The standard InChI is InChI=1S/C12H20N2O3S/c1-2-5-14-6-4-13-12(14)8-11(15)10-3-7-18(16,17)9-10/h4,6,10-11,15H,2-3,5,7-9H2,1H3. The van der Waals surface area contributed by atoms with Gasteiger partial charge in [-0.05, 0) is 12.8 Å². The molecule has 1 aromatic heterocycles. The quantitative estimate of drug-likeness (QED) is 0.853. The maximum atomic E-state index is 11.4. The van der Waals surface area contributed by atoms with Gasteiger partial charge in [0.15, 0.2) is 9.84 Å². The van der Waals surface area contributed by atoms with Crippen LogP contribution in [0.4, 0.5) is 0 Å². The average Bonchev–Trinajstić information content (AvgIpc) is 2.86. The Morgan fingerprint density at radius 3 is 3.00 bits per heavy atom. The highest BCUT2D eigenvalue weighted by Gasteiger charge is 2.33. The molecule has 0 aliphatic carbocycles. The van der Waals surface area contributed by atoms with Crippen LogP contribution in [0.25, 0.3) is 0 Å². The SMILES string of the molecule is CCCn1ccnc1CC(O)C1CCS(=O)(=O)C1. The zero-order valence-electron chi connectivity index (χ0n) is 10.6. The van der Waals surface area contributed by atoms with Crippen LogP contribution < -0.4 is 0 Å². The Hall–Kier alpha value is -0.880. The number of imidazole rings is 1. The van der Waals surface area contributed by atoms with Crippen molar-refractivity contribution < 1.29 is 13.5 Å². The summed E-state index contributed by atoms with van der Waals surface area (Å²) in [6.07, 6.45) is 5.03. The zero-order valence-corrected chi connectivity index (χ0v) is 11.4. The Kier molecular flexibility index (Phi) is 4.07. The number of nitrogens with zero attached hydrogens (tertiary/aromatic N) is 2. The summed E-state index contributed by atoms with van der Waals surface area (Å²) in [4.78, 5) is 4.24. The molecule has 0 spiro atoms. The first kappa shape index (κ1) is 13.5. The number of aliphatic hydroxyl groups excluding tert-OH is 1. The van der Waals surface area contributed by atoms with Gasteiger partial charge < -0.3 is 9.67 Å². The minimum absolute atomic E-state index is 0.114. The molecular formula is C12H20N2O3S. The van der Waals surface area contributed by atoms with Gasteiger partial charge in [0.25, 0.3) is 0 Å². The highest BCUT2D eigenvalue weighted by Crippen LogP contribution is 2.23. The fraction of sp³-hybridized carbons (Fsp3) is 0.750. The monoisotopic (exact) mass is 272 g/mol. The van der Waals surface area contributed by atoms with Gasteiger partial charge in [-0.1, -0.05) is 6.92 Å². The van der Waals surface area contributed by atoms with E-state index in [2.05, 4.69) is 11.9 Å². The molecule has 1 fully saturated rings. The van der Waals surface area contributed by atoms with Gasteiger partial charge in [0.2, 0.25) is 0 Å². The van der Waals surface area contributed by atoms with Crippen molar-refractivity contribution in [3.05, 3.63) is 18.2 Å². The molecule has 1 aromatic rings. The van der Waals surface area contributed by atoms with Gasteiger partial charge in [0.05, 0.1) is 17.6 Å². The molecule has 5 nitrogen and oxygen atoms in total. The molecule has 1 aliphatic heterocycles. The van der Waals surface area contributed by atoms with Crippen molar-refractivity contribution in [1.29, 1.82) is 0 Å². The number of aromatic nitrogens is 2. The molecule has 0 amide bonds. The van der Waals surface area contributed by atoms with Gasteiger partial charge in [-0.25, -0.2) is 13.4 Å². The topological polar surface area (TPSA) is 72.2 Å². The average molecular weight is 272 g/mol. The maximum Gasteiger partial charge on any atom is 0.150 e. The number of hydrogen-bond acceptors (Lipinski definition) is 4. The molecule has 0 saturated carbocycles. The molecule has 6 heteroatoms. The van der Waals surface area contributed by atoms with Crippen LogP contribution in [0.3, 0.4) is 0 Å². The molecule has 0 radical (unpaired) electrons.